The van der Waals surface area contributed by atoms with E-state index >= 15 is 0 Å². The van der Waals surface area contributed by atoms with Crippen LogP contribution in [0.5, 0.6) is 0 Å². The lowest BCUT2D eigenvalue weighted by atomic mass is 10.3. The quantitative estimate of drug-likeness (QED) is 0.652. The number of benzene rings is 1. The molecule has 0 aliphatic rings. The van der Waals surface area contributed by atoms with Gasteiger partial charge < -0.3 is 10.6 Å². The highest BCUT2D eigenvalue weighted by Gasteiger charge is 2.22. The van der Waals surface area contributed by atoms with E-state index in [1.54, 1.807) is 48.7 Å². The van der Waals surface area contributed by atoms with Gasteiger partial charge in [-0.15, -0.1) is 6.58 Å². The molecule has 2 N–H and O–H groups in total. The molecule has 2 heterocycles. The van der Waals surface area contributed by atoms with Gasteiger partial charge in [-0.1, -0.05) is 41.4 Å². The molecule has 1 aromatic carbocycles. The Kier molecular flexibility index (Phi) is 5.25. The molecule has 2 amide bonds. The molecule has 0 aliphatic heterocycles. The Balaban J connectivity index is 2.01. The molecular weight excluding hydrogens is 375 g/mol. The number of hydrogen-bond donors (Lipinski definition) is 2. The Morgan fingerprint density at radius 2 is 1.85 bits per heavy atom. The van der Waals surface area contributed by atoms with Gasteiger partial charge in [0.05, 0.1) is 21.2 Å². The highest BCUT2D eigenvalue weighted by Crippen LogP contribution is 2.30. The molecule has 0 aliphatic carbocycles. The molecular formula is C18H14Cl2N4O2. The van der Waals surface area contributed by atoms with E-state index in [9.17, 15) is 9.59 Å². The lowest BCUT2D eigenvalue weighted by molar-refractivity contribution is 0.0955. The second-order valence-corrected chi connectivity index (χ2v) is 6.10. The largest absolute Gasteiger partial charge is 0.347 e. The maximum absolute atomic E-state index is 12.7. The van der Waals surface area contributed by atoms with Gasteiger partial charge in [-0.25, -0.2) is 4.98 Å². The van der Waals surface area contributed by atoms with Gasteiger partial charge in [0.2, 0.25) is 5.82 Å². The van der Waals surface area contributed by atoms with Gasteiger partial charge in [-0.2, -0.15) is 0 Å². The Bertz CT molecular complexity index is 993. The Morgan fingerprint density at radius 1 is 1.12 bits per heavy atom. The molecule has 0 bridgehead atoms. The third kappa shape index (κ3) is 3.42. The Morgan fingerprint density at radius 3 is 2.54 bits per heavy atom. The summed E-state index contributed by atoms with van der Waals surface area (Å²) in [6, 6.07) is 10.1. The Hall–Kier alpha value is -2.83. The second-order valence-electron chi connectivity index (χ2n) is 5.29. The van der Waals surface area contributed by atoms with Crippen LogP contribution in [-0.4, -0.2) is 27.7 Å². The highest BCUT2D eigenvalue weighted by atomic mass is 35.5. The van der Waals surface area contributed by atoms with Crippen LogP contribution in [0.1, 0.15) is 21.1 Å². The van der Waals surface area contributed by atoms with Crippen molar-refractivity contribution < 1.29 is 9.59 Å². The van der Waals surface area contributed by atoms with Crippen molar-refractivity contribution in [3.05, 3.63) is 76.8 Å². The summed E-state index contributed by atoms with van der Waals surface area (Å²) in [4.78, 5) is 29.3. The van der Waals surface area contributed by atoms with Crippen LogP contribution in [0.2, 0.25) is 10.0 Å². The van der Waals surface area contributed by atoms with Gasteiger partial charge >= 0.3 is 0 Å². The first-order chi connectivity index (χ1) is 12.5. The number of halogens is 2. The number of amides is 2. The maximum atomic E-state index is 12.7. The number of nitrogens with zero attached hydrogens (tertiary/aromatic N) is 2. The fourth-order valence-electron chi connectivity index (χ4n) is 2.40. The summed E-state index contributed by atoms with van der Waals surface area (Å²) >= 11 is 12.2. The molecule has 0 saturated carbocycles. The molecule has 0 spiro atoms. The van der Waals surface area contributed by atoms with Crippen LogP contribution in [0, 0.1) is 0 Å². The van der Waals surface area contributed by atoms with Crippen molar-refractivity contribution in [3.63, 3.8) is 0 Å². The summed E-state index contributed by atoms with van der Waals surface area (Å²) in [5.41, 5.74) is 0.929. The summed E-state index contributed by atoms with van der Waals surface area (Å²) in [5, 5.41) is 5.91. The van der Waals surface area contributed by atoms with E-state index in [1.165, 1.54) is 4.40 Å². The number of hydrogen-bond acceptors (Lipinski definition) is 3. The van der Waals surface area contributed by atoms with Crippen LogP contribution in [0.3, 0.4) is 0 Å². The Labute approximate surface area is 159 Å². The zero-order chi connectivity index (χ0) is 18.7. The van der Waals surface area contributed by atoms with E-state index < -0.39 is 11.8 Å². The van der Waals surface area contributed by atoms with E-state index in [2.05, 4.69) is 22.2 Å². The summed E-state index contributed by atoms with van der Waals surface area (Å²) in [6.07, 6.45) is 3.21. The van der Waals surface area contributed by atoms with E-state index in [0.717, 1.165) is 0 Å². The van der Waals surface area contributed by atoms with Crippen LogP contribution in [0.15, 0.2) is 55.3 Å². The molecule has 0 atom stereocenters. The molecule has 2 aromatic heterocycles. The average molecular weight is 389 g/mol. The summed E-state index contributed by atoms with van der Waals surface area (Å²) in [7, 11) is 0. The van der Waals surface area contributed by atoms with Gasteiger partial charge in [0.15, 0.2) is 5.69 Å². The molecule has 8 heteroatoms. The molecule has 0 unspecified atom stereocenters. The minimum absolute atomic E-state index is 0.0420. The van der Waals surface area contributed by atoms with E-state index in [1.807, 2.05) is 0 Å². The number of carbonyl (C=O) groups is 2. The van der Waals surface area contributed by atoms with Gasteiger partial charge in [-0.3, -0.25) is 14.0 Å². The molecule has 0 saturated heterocycles. The molecule has 0 fully saturated rings. The van der Waals surface area contributed by atoms with Crippen molar-refractivity contribution in [2.24, 2.45) is 0 Å². The normalized spacial score (nSPS) is 10.5. The van der Waals surface area contributed by atoms with Crippen molar-refractivity contribution >= 4 is 46.2 Å². The van der Waals surface area contributed by atoms with Crippen LogP contribution in [-0.2, 0) is 0 Å². The van der Waals surface area contributed by atoms with Crippen molar-refractivity contribution in [1.82, 2.24) is 14.7 Å². The van der Waals surface area contributed by atoms with Gasteiger partial charge in [0, 0.05) is 12.7 Å². The van der Waals surface area contributed by atoms with Crippen LogP contribution < -0.4 is 10.6 Å². The zero-order valence-electron chi connectivity index (χ0n) is 13.5. The number of imidazole rings is 1. The van der Waals surface area contributed by atoms with Gasteiger partial charge in [0.1, 0.15) is 0 Å². The van der Waals surface area contributed by atoms with Crippen molar-refractivity contribution in [1.29, 1.82) is 0 Å². The van der Waals surface area contributed by atoms with Crippen LogP contribution in [0.4, 0.5) is 5.69 Å². The fourth-order valence-corrected chi connectivity index (χ4v) is 2.89. The van der Waals surface area contributed by atoms with E-state index in [0.29, 0.717) is 22.1 Å². The predicted octanol–water partition coefficient (Wildman–Crippen LogP) is 3.81. The van der Waals surface area contributed by atoms with E-state index in [-0.39, 0.29) is 17.2 Å². The first-order valence-corrected chi connectivity index (χ1v) is 8.40. The topological polar surface area (TPSA) is 75.5 Å². The molecule has 132 valence electrons. The number of fused-ring (bicyclic) bond motifs is 1. The molecule has 0 radical (unpaired) electrons. The monoisotopic (exact) mass is 388 g/mol. The number of anilines is 1. The minimum atomic E-state index is -0.538. The summed E-state index contributed by atoms with van der Waals surface area (Å²) < 4.78 is 1.53. The highest BCUT2D eigenvalue weighted by molar-refractivity contribution is 6.40. The van der Waals surface area contributed by atoms with Crippen LogP contribution in [0.25, 0.3) is 5.52 Å². The second kappa shape index (κ2) is 7.59. The third-order valence-corrected chi connectivity index (χ3v) is 4.20. The van der Waals surface area contributed by atoms with Crippen molar-refractivity contribution in [2.45, 2.75) is 0 Å². The SMILES string of the molecule is C=CCNC(=O)c1nc(C(=O)Nc2c(Cl)cccc2Cl)n2ccccc12. The smallest absolute Gasteiger partial charge is 0.292 e. The summed E-state index contributed by atoms with van der Waals surface area (Å²) in [5.74, 6) is -0.896. The first kappa shape index (κ1) is 18.0. The maximum Gasteiger partial charge on any atom is 0.292 e. The molecule has 26 heavy (non-hydrogen) atoms. The van der Waals surface area contributed by atoms with Crippen LogP contribution >= 0.6 is 23.2 Å². The predicted molar refractivity (Wildman–Crippen MR) is 102 cm³/mol. The number of para-hydroxylation sites is 1. The molecule has 6 nitrogen and oxygen atoms in total. The number of pyridine rings is 1. The average Bonchev–Trinajstić information content (AvgIpc) is 3.02. The molecule has 3 rings (SSSR count). The lowest BCUT2D eigenvalue weighted by Crippen LogP contribution is -2.24. The molecule has 3 aromatic rings. The number of carbonyl (C=O) groups excluding carboxylic acids is 2. The fraction of sp³-hybridized carbons (Fsp3) is 0.0556. The zero-order valence-corrected chi connectivity index (χ0v) is 15.0. The number of nitrogens with one attached hydrogen (secondary N) is 2. The van der Waals surface area contributed by atoms with Crippen molar-refractivity contribution in [3.8, 4) is 0 Å². The van der Waals surface area contributed by atoms with E-state index in [4.69, 9.17) is 23.2 Å². The number of aromatic nitrogens is 2. The van der Waals surface area contributed by atoms with Gasteiger partial charge in [0.25, 0.3) is 11.8 Å². The van der Waals surface area contributed by atoms with Gasteiger partial charge in [-0.05, 0) is 24.3 Å². The number of rotatable bonds is 5. The standard InChI is InChI=1S/C18H14Cl2N4O2/c1-2-9-21-17(25)15-13-8-3-4-10-24(13)16(22-15)18(26)23-14-11(19)6-5-7-12(14)20/h2-8,10H,1,9H2,(H,21,25)(H,23,26). The first-order valence-electron chi connectivity index (χ1n) is 7.64. The third-order valence-electron chi connectivity index (χ3n) is 3.57. The minimum Gasteiger partial charge on any atom is -0.347 e. The van der Waals surface area contributed by atoms with Crippen molar-refractivity contribution in [2.75, 3.05) is 11.9 Å². The summed E-state index contributed by atoms with van der Waals surface area (Å²) in [6.45, 7) is 3.85. The lowest BCUT2D eigenvalue weighted by Gasteiger charge is -2.08.